The van der Waals surface area contributed by atoms with Gasteiger partial charge in [0.1, 0.15) is 6.17 Å². The van der Waals surface area contributed by atoms with Gasteiger partial charge in [0.25, 0.3) is 0 Å². The van der Waals surface area contributed by atoms with Crippen LogP contribution in [-0.4, -0.2) is 23.7 Å². The molecule has 2 atom stereocenters. The zero-order chi connectivity index (χ0) is 7.14. The van der Waals surface area contributed by atoms with Crippen molar-refractivity contribution in [2.75, 3.05) is 6.54 Å². The fourth-order valence-electron chi connectivity index (χ4n) is 1.84. The van der Waals surface area contributed by atoms with E-state index in [-0.39, 0.29) is 0 Å². The number of halogens is 1. The van der Waals surface area contributed by atoms with Gasteiger partial charge in [-0.15, -0.1) is 0 Å². The molecule has 0 aromatic carbocycles. The first-order chi connectivity index (χ1) is 4.77. The number of fused-ring (bicyclic) bond motifs is 1. The Morgan fingerprint density at radius 1 is 1.70 bits per heavy atom. The molecule has 0 amide bonds. The Hall–Kier alpha value is -0.530. The third kappa shape index (κ3) is 0.746. The molecule has 2 heterocycles. The molecule has 0 aliphatic carbocycles. The Morgan fingerprint density at radius 2 is 2.50 bits per heavy atom. The number of allylic oxidation sites excluding steroid dienone is 1. The fraction of sp³-hybridized carbons (Fsp3) is 0.750. The number of hydrogen-bond donors (Lipinski definition) is 0. The lowest BCUT2D eigenvalue weighted by molar-refractivity contribution is 0.269. The summed E-state index contributed by atoms with van der Waals surface area (Å²) in [6.45, 7) is 2.79. The summed E-state index contributed by atoms with van der Waals surface area (Å²) >= 11 is 0. The van der Waals surface area contributed by atoms with E-state index in [0.717, 1.165) is 6.42 Å². The molecule has 0 N–H and O–H groups in total. The molecule has 56 valence electrons. The highest BCUT2D eigenvalue weighted by Gasteiger charge is 2.32. The molecule has 2 aliphatic rings. The van der Waals surface area contributed by atoms with Crippen molar-refractivity contribution in [1.82, 2.24) is 4.90 Å². The van der Waals surface area contributed by atoms with Gasteiger partial charge in [-0.2, -0.15) is 0 Å². The molecule has 1 fully saturated rings. The van der Waals surface area contributed by atoms with Crippen LogP contribution in [0, 0.1) is 0 Å². The van der Waals surface area contributed by atoms with Gasteiger partial charge in [-0.3, -0.25) is 0 Å². The Kier molecular flexibility index (Phi) is 1.22. The molecule has 0 saturated carbocycles. The van der Waals surface area contributed by atoms with Crippen LogP contribution in [0.25, 0.3) is 0 Å². The van der Waals surface area contributed by atoms with Crippen LogP contribution < -0.4 is 0 Å². The molecule has 2 aliphatic heterocycles. The van der Waals surface area contributed by atoms with Gasteiger partial charge in [0.15, 0.2) is 0 Å². The SMILES string of the molecule is CC1CC=C2C[C@H](F)CN21. The molecule has 0 bridgehead atoms. The fourth-order valence-corrected chi connectivity index (χ4v) is 1.84. The number of alkyl halides is 1. The van der Waals surface area contributed by atoms with E-state index >= 15 is 0 Å². The Bertz CT molecular complexity index is 176. The van der Waals surface area contributed by atoms with Crippen LogP contribution in [-0.2, 0) is 0 Å². The van der Waals surface area contributed by atoms with Gasteiger partial charge >= 0.3 is 0 Å². The molecule has 0 radical (unpaired) electrons. The predicted molar refractivity (Wildman–Crippen MR) is 38.4 cm³/mol. The maximum atomic E-state index is 12.7. The van der Waals surface area contributed by atoms with Crippen molar-refractivity contribution in [1.29, 1.82) is 0 Å². The number of rotatable bonds is 0. The quantitative estimate of drug-likeness (QED) is 0.496. The summed E-state index contributed by atoms with van der Waals surface area (Å²) in [6, 6.07) is 0.552. The summed E-state index contributed by atoms with van der Waals surface area (Å²) in [4.78, 5) is 2.19. The van der Waals surface area contributed by atoms with Gasteiger partial charge in [-0.05, 0) is 13.3 Å². The summed E-state index contributed by atoms with van der Waals surface area (Å²) in [5, 5.41) is 0. The lowest BCUT2D eigenvalue weighted by Crippen LogP contribution is -2.25. The highest BCUT2D eigenvalue weighted by atomic mass is 19.1. The molecule has 0 spiro atoms. The average molecular weight is 141 g/mol. The van der Waals surface area contributed by atoms with Crippen LogP contribution >= 0.6 is 0 Å². The third-order valence-corrected chi connectivity index (χ3v) is 2.42. The largest absolute Gasteiger partial charge is 0.369 e. The van der Waals surface area contributed by atoms with Gasteiger partial charge in [-0.25, -0.2) is 4.39 Å². The van der Waals surface area contributed by atoms with Crippen molar-refractivity contribution >= 4 is 0 Å². The van der Waals surface area contributed by atoms with Gasteiger partial charge < -0.3 is 4.90 Å². The molecule has 1 nitrogen and oxygen atoms in total. The van der Waals surface area contributed by atoms with Crippen LogP contribution in [0.1, 0.15) is 19.8 Å². The Labute approximate surface area is 60.5 Å². The Balaban J connectivity index is 2.16. The molecular weight excluding hydrogens is 129 g/mol. The summed E-state index contributed by atoms with van der Waals surface area (Å²) in [6.07, 6.45) is 3.34. The second-order valence-electron chi connectivity index (χ2n) is 3.23. The minimum atomic E-state index is -0.603. The maximum Gasteiger partial charge on any atom is 0.123 e. The second kappa shape index (κ2) is 1.97. The van der Waals surface area contributed by atoms with Crippen molar-refractivity contribution in [3.8, 4) is 0 Å². The molecule has 2 heteroatoms. The lowest BCUT2D eigenvalue weighted by atomic mass is 10.2. The summed E-state index contributed by atoms with van der Waals surface area (Å²) in [5.74, 6) is 0. The van der Waals surface area contributed by atoms with E-state index < -0.39 is 6.17 Å². The Morgan fingerprint density at radius 3 is 3.20 bits per heavy atom. The normalized spacial score (nSPS) is 38.2. The first-order valence-corrected chi connectivity index (χ1v) is 3.87. The third-order valence-electron chi connectivity index (χ3n) is 2.42. The number of hydrogen-bond acceptors (Lipinski definition) is 1. The standard InChI is InChI=1S/C8H12FN/c1-6-2-3-8-4-7(9)5-10(6)8/h3,6-7H,2,4-5H2,1H3/t6?,7-/m0/s1. The van der Waals surface area contributed by atoms with Crippen LogP contribution in [0.4, 0.5) is 4.39 Å². The molecule has 10 heavy (non-hydrogen) atoms. The molecular formula is C8H12FN. The monoisotopic (exact) mass is 141 g/mol. The summed E-state index contributed by atoms with van der Waals surface area (Å²) in [7, 11) is 0. The second-order valence-corrected chi connectivity index (χ2v) is 3.23. The summed E-state index contributed by atoms with van der Waals surface area (Å²) in [5.41, 5.74) is 1.24. The topological polar surface area (TPSA) is 3.24 Å². The van der Waals surface area contributed by atoms with Crippen molar-refractivity contribution in [2.45, 2.75) is 32.0 Å². The highest BCUT2D eigenvalue weighted by molar-refractivity contribution is 5.16. The molecule has 1 saturated heterocycles. The summed E-state index contributed by atoms with van der Waals surface area (Å²) < 4.78 is 12.7. The number of nitrogens with zero attached hydrogens (tertiary/aromatic N) is 1. The zero-order valence-electron chi connectivity index (χ0n) is 6.18. The first-order valence-electron chi connectivity index (χ1n) is 3.87. The van der Waals surface area contributed by atoms with Crippen molar-refractivity contribution in [3.05, 3.63) is 11.8 Å². The van der Waals surface area contributed by atoms with Crippen LogP contribution in [0.5, 0.6) is 0 Å². The van der Waals surface area contributed by atoms with Gasteiger partial charge in [0.05, 0.1) is 0 Å². The lowest BCUT2D eigenvalue weighted by Gasteiger charge is -2.19. The molecule has 0 aromatic heterocycles. The van der Waals surface area contributed by atoms with Crippen molar-refractivity contribution in [2.24, 2.45) is 0 Å². The van der Waals surface area contributed by atoms with Gasteiger partial charge in [0.2, 0.25) is 0 Å². The molecule has 1 unspecified atom stereocenters. The molecule has 2 rings (SSSR count). The van der Waals surface area contributed by atoms with Crippen molar-refractivity contribution in [3.63, 3.8) is 0 Å². The van der Waals surface area contributed by atoms with Crippen LogP contribution in [0.15, 0.2) is 11.8 Å². The minimum Gasteiger partial charge on any atom is -0.369 e. The van der Waals surface area contributed by atoms with E-state index in [0.29, 0.717) is 19.0 Å². The van der Waals surface area contributed by atoms with Gasteiger partial charge in [0, 0.05) is 24.7 Å². The van der Waals surface area contributed by atoms with Crippen LogP contribution in [0.3, 0.4) is 0 Å². The van der Waals surface area contributed by atoms with Crippen LogP contribution in [0.2, 0.25) is 0 Å². The van der Waals surface area contributed by atoms with E-state index in [1.54, 1.807) is 0 Å². The van der Waals surface area contributed by atoms with Gasteiger partial charge in [-0.1, -0.05) is 6.08 Å². The van der Waals surface area contributed by atoms with E-state index in [1.165, 1.54) is 5.70 Å². The first kappa shape index (κ1) is 6.20. The average Bonchev–Trinajstić information content (AvgIpc) is 2.35. The van der Waals surface area contributed by atoms with E-state index in [9.17, 15) is 4.39 Å². The predicted octanol–water partition coefficient (Wildman–Crippen LogP) is 1.71. The van der Waals surface area contributed by atoms with E-state index in [4.69, 9.17) is 0 Å². The minimum absolute atomic E-state index is 0.552. The van der Waals surface area contributed by atoms with Crippen molar-refractivity contribution < 1.29 is 4.39 Å². The molecule has 0 aromatic rings. The van der Waals surface area contributed by atoms with E-state index in [1.807, 2.05) is 0 Å². The zero-order valence-corrected chi connectivity index (χ0v) is 6.18. The smallest absolute Gasteiger partial charge is 0.123 e. The maximum absolute atomic E-state index is 12.7. The highest BCUT2D eigenvalue weighted by Crippen LogP contribution is 2.32. The van der Waals surface area contributed by atoms with E-state index in [2.05, 4.69) is 17.9 Å².